The van der Waals surface area contributed by atoms with Gasteiger partial charge in [0.15, 0.2) is 0 Å². The van der Waals surface area contributed by atoms with Gasteiger partial charge in [0.2, 0.25) is 0 Å². The monoisotopic (exact) mass is 374 g/mol. The highest BCUT2D eigenvalue weighted by Gasteiger charge is 2.06. The Hall–Kier alpha value is -3.45. The molecular formula is C24H23FN2O. The van der Waals surface area contributed by atoms with Gasteiger partial charge in [0.05, 0.1) is 0 Å². The second-order valence-corrected chi connectivity index (χ2v) is 5.68. The second-order valence-electron chi connectivity index (χ2n) is 5.68. The average molecular weight is 374 g/mol. The minimum absolute atomic E-state index is 0.217. The van der Waals surface area contributed by atoms with Crippen molar-refractivity contribution in [1.29, 1.82) is 0 Å². The van der Waals surface area contributed by atoms with Crippen molar-refractivity contribution in [2.45, 2.75) is 20.3 Å². The number of nitrogens with zero attached hydrogens (tertiary/aromatic N) is 1. The van der Waals surface area contributed by atoms with Crippen LogP contribution in [0.15, 0.2) is 72.9 Å². The first-order valence-corrected chi connectivity index (χ1v) is 9.26. The van der Waals surface area contributed by atoms with Crippen LogP contribution in [0.5, 0.6) is 0 Å². The van der Waals surface area contributed by atoms with E-state index in [0.29, 0.717) is 23.4 Å². The molecule has 3 rings (SSSR count). The Morgan fingerprint density at radius 2 is 1.71 bits per heavy atom. The van der Waals surface area contributed by atoms with Crippen molar-refractivity contribution in [1.82, 2.24) is 10.3 Å². The van der Waals surface area contributed by atoms with Crippen LogP contribution < -0.4 is 5.32 Å². The fourth-order valence-corrected chi connectivity index (χ4v) is 2.37. The molecule has 1 aromatic heterocycles. The Morgan fingerprint density at radius 1 is 0.964 bits per heavy atom. The predicted octanol–water partition coefficient (Wildman–Crippen LogP) is 4.62. The molecule has 1 heterocycles. The van der Waals surface area contributed by atoms with E-state index in [1.165, 1.54) is 17.7 Å². The van der Waals surface area contributed by atoms with Gasteiger partial charge in [-0.15, -0.1) is 0 Å². The summed E-state index contributed by atoms with van der Waals surface area (Å²) < 4.78 is 13.1. The van der Waals surface area contributed by atoms with Gasteiger partial charge in [0, 0.05) is 23.9 Å². The van der Waals surface area contributed by atoms with Crippen LogP contribution in [0.2, 0.25) is 0 Å². The first kappa shape index (κ1) is 20.9. The Morgan fingerprint density at radius 3 is 2.39 bits per heavy atom. The maximum atomic E-state index is 13.1. The van der Waals surface area contributed by atoms with Crippen LogP contribution in [-0.4, -0.2) is 17.4 Å². The molecular weight excluding hydrogens is 351 g/mol. The van der Waals surface area contributed by atoms with Gasteiger partial charge in [-0.1, -0.05) is 62.1 Å². The Balaban J connectivity index is 0.00000136. The fourth-order valence-electron chi connectivity index (χ4n) is 2.37. The summed E-state index contributed by atoms with van der Waals surface area (Å²) in [6, 6.07) is 19.4. The summed E-state index contributed by atoms with van der Waals surface area (Å²) >= 11 is 0. The minimum atomic E-state index is -0.322. The summed E-state index contributed by atoms with van der Waals surface area (Å²) in [7, 11) is 0. The summed E-state index contributed by atoms with van der Waals surface area (Å²) in [5, 5.41) is 2.85. The van der Waals surface area contributed by atoms with Crippen LogP contribution in [0.3, 0.4) is 0 Å². The molecule has 0 saturated heterocycles. The van der Waals surface area contributed by atoms with Crippen LogP contribution in [0.4, 0.5) is 4.39 Å². The standard InChI is InChI=1S/C22H17FN2O.C2H6/c23-20-8-4-7-18(15-20)9-10-19-11-12-21(25-16-19)22(26)24-14-13-17-5-2-1-3-6-17;1-2/h1-8,11-12,15-16H,13-14H2,(H,24,26);1-2H3. The highest BCUT2D eigenvalue weighted by Crippen LogP contribution is 2.04. The molecule has 0 spiro atoms. The van der Waals surface area contributed by atoms with Crippen molar-refractivity contribution in [3.63, 3.8) is 0 Å². The molecule has 1 amide bonds. The third kappa shape index (κ3) is 6.69. The minimum Gasteiger partial charge on any atom is -0.350 e. The van der Waals surface area contributed by atoms with Gasteiger partial charge in [-0.05, 0) is 42.3 Å². The van der Waals surface area contributed by atoms with Crippen molar-refractivity contribution in [2.75, 3.05) is 6.54 Å². The molecule has 0 unspecified atom stereocenters. The van der Waals surface area contributed by atoms with E-state index in [9.17, 15) is 9.18 Å². The number of carbonyl (C=O) groups is 1. The molecule has 0 radical (unpaired) electrons. The summed E-state index contributed by atoms with van der Waals surface area (Å²) in [6.07, 6.45) is 2.31. The van der Waals surface area contributed by atoms with Crippen LogP contribution >= 0.6 is 0 Å². The molecule has 0 saturated carbocycles. The number of amides is 1. The zero-order valence-corrected chi connectivity index (χ0v) is 16.1. The number of rotatable bonds is 4. The number of nitrogens with one attached hydrogen (secondary N) is 1. The van der Waals surface area contributed by atoms with E-state index in [-0.39, 0.29) is 11.7 Å². The SMILES string of the molecule is CC.O=C(NCCc1ccccc1)c1ccc(C#Cc2cccc(F)c2)cn1. The van der Waals surface area contributed by atoms with Crippen molar-refractivity contribution in [2.24, 2.45) is 0 Å². The lowest BCUT2D eigenvalue weighted by molar-refractivity contribution is 0.0949. The fraction of sp³-hybridized carbons (Fsp3) is 0.167. The molecule has 28 heavy (non-hydrogen) atoms. The zero-order valence-electron chi connectivity index (χ0n) is 16.1. The van der Waals surface area contributed by atoms with E-state index >= 15 is 0 Å². The number of halogens is 1. The summed E-state index contributed by atoms with van der Waals surface area (Å²) in [5.74, 6) is 5.24. The normalized spacial score (nSPS) is 9.39. The van der Waals surface area contributed by atoms with E-state index in [0.717, 1.165) is 6.42 Å². The maximum Gasteiger partial charge on any atom is 0.269 e. The Bertz CT molecular complexity index is 942. The molecule has 0 aliphatic carbocycles. The zero-order chi connectivity index (χ0) is 20.2. The number of benzene rings is 2. The molecule has 142 valence electrons. The molecule has 0 atom stereocenters. The number of pyridine rings is 1. The quantitative estimate of drug-likeness (QED) is 0.677. The smallest absolute Gasteiger partial charge is 0.269 e. The Labute approximate surface area is 165 Å². The first-order chi connectivity index (χ1) is 13.7. The highest BCUT2D eigenvalue weighted by molar-refractivity contribution is 5.92. The van der Waals surface area contributed by atoms with Gasteiger partial charge >= 0.3 is 0 Å². The largest absolute Gasteiger partial charge is 0.350 e. The molecule has 0 aliphatic rings. The van der Waals surface area contributed by atoms with Gasteiger partial charge in [0.25, 0.3) is 5.91 Å². The van der Waals surface area contributed by atoms with E-state index < -0.39 is 0 Å². The van der Waals surface area contributed by atoms with Crippen molar-refractivity contribution < 1.29 is 9.18 Å². The predicted molar refractivity (Wildman–Crippen MR) is 110 cm³/mol. The lowest BCUT2D eigenvalue weighted by Crippen LogP contribution is -2.26. The molecule has 3 aromatic rings. The maximum absolute atomic E-state index is 13.1. The second kappa shape index (κ2) is 11.3. The third-order valence-corrected chi connectivity index (χ3v) is 3.71. The molecule has 3 nitrogen and oxygen atoms in total. The van der Waals surface area contributed by atoms with Gasteiger partial charge in [-0.25, -0.2) is 9.37 Å². The van der Waals surface area contributed by atoms with Crippen molar-refractivity contribution in [3.05, 3.63) is 101 Å². The average Bonchev–Trinajstić information content (AvgIpc) is 2.75. The molecule has 1 N–H and O–H groups in total. The van der Waals surface area contributed by atoms with Crippen LogP contribution in [0.1, 0.15) is 41.0 Å². The lowest BCUT2D eigenvalue weighted by atomic mass is 10.1. The summed E-state index contributed by atoms with van der Waals surface area (Å²) in [5.41, 5.74) is 2.76. The number of aromatic nitrogens is 1. The summed E-state index contributed by atoms with van der Waals surface area (Å²) in [6.45, 7) is 4.55. The van der Waals surface area contributed by atoms with Crippen molar-refractivity contribution in [3.8, 4) is 11.8 Å². The van der Waals surface area contributed by atoms with Crippen molar-refractivity contribution >= 4 is 5.91 Å². The van der Waals surface area contributed by atoms with Gasteiger partial charge in [-0.2, -0.15) is 0 Å². The molecule has 2 aromatic carbocycles. The number of hydrogen-bond acceptors (Lipinski definition) is 2. The van der Waals surface area contributed by atoms with Gasteiger partial charge in [0.1, 0.15) is 11.5 Å². The molecule has 4 heteroatoms. The lowest BCUT2D eigenvalue weighted by Gasteiger charge is -2.05. The van der Waals surface area contributed by atoms with Gasteiger partial charge in [-0.3, -0.25) is 4.79 Å². The van der Waals surface area contributed by atoms with Crippen LogP contribution in [-0.2, 0) is 6.42 Å². The van der Waals surface area contributed by atoms with Gasteiger partial charge < -0.3 is 5.32 Å². The number of carbonyl (C=O) groups excluding carboxylic acids is 1. The van der Waals surface area contributed by atoms with Crippen LogP contribution in [0, 0.1) is 17.7 Å². The van der Waals surface area contributed by atoms with E-state index in [1.54, 1.807) is 30.5 Å². The third-order valence-electron chi connectivity index (χ3n) is 3.71. The van der Waals surface area contributed by atoms with E-state index in [2.05, 4.69) is 22.1 Å². The highest BCUT2D eigenvalue weighted by atomic mass is 19.1. The topological polar surface area (TPSA) is 42.0 Å². The molecule has 0 bridgehead atoms. The van der Waals surface area contributed by atoms with E-state index in [4.69, 9.17) is 0 Å². The first-order valence-electron chi connectivity index (χ1n) is 9.26. The number of hydrogen-bond donors (Lipinski definition) is 1. The van der Waals surface area contributed by atoms with E-state index in [1.807, 2.05) is 44.2 Å². The summed E-state index contributed by atoms with van der Waals surface area (Å²) in [4.78, 5) is 16.3. The molecule has 0 aliphatic heterocycles. The Kier molecular flexibility index (Phi) is 8.42. The van der Waals surface area contributed by atoms with Crippen LogP contribution in [0.25, 0.3) is 0 Å². The molecule has 0 fully saturated rings.